The monoisotopic (exact) mass is 381 g/mol. The van der Waals surface area contributed by atoms with E-state index in [9.17, 15) is 18.4 Å². The largest absolute Gasteiger partial charge is 0.327 e. The van der Waals surface area contributed by atoms with Crippen LogP contribution in [-0.2, 0) is 0 Å². The van der Waals surface area contributed by atoms with Crippen LogP contribution in [-0.4, -0.2) is 16.9 Å². The third-order valence-electron chi connectivity index (χ3n) is 4.11. The Labute approximate surface area is 160 Å². The third-order valence-corrected chi connectivity index (χ3v) is 4.11. The van der Waals surface area contributed by atoms with Gasteiger partial charge in [-0.05, 0) is 43.7 Å². The van der Waals surface area contributed by atoms with E-state index in [1.54, 1.807) is 19.1 Å². The molecule has 1 heterocycles. The van der Waals surface area contributed by atoms with Crippen molar-refractivity contribution in [1.29, 1.82) is 0 Å². The van der Waals surface area contributed by atoms with E-state index < -0.39 is 29.1 Å². The number of nitrogens with one attached hydrogen (secondary N) is 2. The van der Waals surface area contributed by atoms with Gasteiger partial charge < -0.3 is 0 Å². The van der Waals surface area contributed by atoms with E-state index in [0.717, 1.165) is 34.9 Å². The topological polar surface area (TPSA) is 71.1 Å². The highest BCUT2D eigenvalue weighted by molar-refractivity contribution is 6.08. The molecule has 0 aliphatic heterocycles. The molecule has 7 heteroatoms. The van der Waals surface area contributed by atoms with E-state index in [4.69, 9.17) is 0 Å². The lowest BCUT2D eigenvalue weighted by Crippen LogP contribution is -2.35. The summed E-state index contributed by atoms with van der Waals surface area (Å²) in [6.07, 6.45) is 0. The first-order chi connectivity index (χ1) is 13.3. The van der Waals surface area contributed by atoms with Crippen LogP contribution in [0.15, 0.2) is 54.6 Å². The number of pyridine rings is 1. The van der Waals surface area contributed by atoms with Crippen molar-refractivity contribution in [2.24, 2.45) is 0 Å². The fourth-order valence-electron chi connectivity index (χ4n) is 2.70. The lowest BCUT2D eigenvalue weighted by molar-refractivity contribution is 0.0959. The first-order valence-corrected chi connectivity index (χ1v) is 8.46. The zero-order valence-corrected chi connectivity index (χ0v) is 15.2. The highest BCUT2D eigenvalue weighted by Crippen LogP contribution is 2.24. The molecule has 3 rings (SSSR count). The van der Waals surface area contributed by atoms with Crippen molar-refractivity contribution in [3.63, 3.8) is 0 Å². The molecule has 0 saturated carbocycles. The van der Waals surface area contributed by atoms with Crippen LogP contribution in [0.25, 0.3) is 11.1 Å². The molecule has 1 aromatic heterocycles. The molecule has 0 radical (unpaired) electrons. The van der Waals surface area contributed by atoms with Crippen molar-refractivity contribution in [3.8, 4) is 11.1 Å². The number of carbonyl (C=O) groups is 2. The van der Waals surface area contributed by atoms with E-state index in [0.29, 0.717) is 5.69 Å². The van der Waals surface area contributed by atoms with Crippen LogP contribution in [0.4, 0.5) is 19.4 Å². The summed E-state index contributed by atoms with van der Waals surface area (Å²) >= 11 is 0. The normalized spacial score (nSPS) is 10.4. The second kappa shape index (κ2) is 7.96. The Kier molecular flexibility index (Phi) is 5.44. The number of carbonyl (C=O) groups excluding carboxylic acids is 2. The summed E-state index contributed by atoms with van der Waals surface area (Å²) in [5.74, 6) is -3.09. The molecule has 2 N–H and O–H groups in total. The van der Waals surface area contributed by atoms with Gasteiger partial charge in [-0.1, -0.05) is 35.9 Å². The quantitative estimate of drug-likeness (QED) is 0.696. The summed E-state index contributed by atoms with van der Waals surface area (Å²) in [7, 11) is 0. The molecule has 0 fully saturated rings. The summed E-state index contributed by atoms with van der Waals surface area (Å²) in [6.45, 7) is 3.78. The van der Waals surface area contributed by atoms with Crippen LogP contribution in [0.2, 0.25) is 0 Å². The van der Waals surface area contributed by atoms with Gasteiger partial charge in [-0.15, -0.1) is 0 Å². The third kappa shape index (κ3) is 4.20. The van der Waals surface area contributed by atoms with E-state index in [1.165, 1.54) is 0 Å². The number of aromatic nitrogens is 1. The molecule has 2 aromatic carbocycles. The van der Waals surface area contributed by atoms with E-state index >= 15 is 0 Å². The van der Waals surface area contributed by atoms with Crippen LogP contribution < -0.4 is 10.6 Å². The maximum absolute atomic E-state index is 13.6. The van der Waals surface area contributed by atoms with Crippen LogP contribution in [0, 0.1) is 25.5 Å². The van der Waals surface area contributed by atoms with Crippen molar-refractivity contribution < 1.29 is 18.4 Å². The SMILES string of the molecule is Cc1ccc(-c2ccc(NC(=O)NC(=O)c3c(F)cccc3F)nc2C)cc1. The van der Waals surface area contributed by atoms with Gasteiger partial charge in [0.15, 0.2) is 0 Å². The Balaban J connectivity index is 1.71. The molecular weight excluding hydrogens is 364 g/mol. The minimum Gasteiger partial charge on any atom is -0.292 e. The molecule has 142 valence electrons. The molecule has 3 amide bonds. The summed E-state index contributed by atoms with van der Waals surface area (Å²) in [5.41, 5.74) is 2.87. The number of nitrogens with zero attached hydrogens (tertiary/aromatic N) is 1. The Morgan fingerprint density at radius 1 is 0.893 bits per heavy atom. The van der Waals surface area contributed by atoms with Crippen molar-refractivity contribution >= 4 is 17.8 Å². The van der Waals surface area contributed by atoms with Gasteiger partial charge in [0.05, 0.1) is 0 Å². The maximum atomic E-state index is 13.6. The predicted molar refractivity (Wildman–Crippen MR) is 102 cm³/mol. The van der Waals surface area contributed by atoms with E-state index in [2.05, 4.69) is 10.3 Å². The fraction of sp³-hybridized carbons (Fsp3) is 0.0952. The van der Waals surface area contributed by atoms with Crippen LogP contribution in [0.5, 0.6) is 0 Å². The first-order valence-electron chi connectivity index (χ1n) is 8.46. The minimum atomic E-state index is -1.18. The van der Waals surface area contributed by atoms with Gasteiger partial charge in [0.1, 0.15) is 23.0 Å². The number of anilines is 1. The lowest BCUT2D eigenvalue weighted by atomic mass is 10.0. The number of aryl methyl sites for hydroxylation is 2. The van der Waals surface area contributed by atoms with Gasteiger partial charge in [-0.2, -0.15) is 0 Å². The van der Waals surface area contributed by atoms with Gasteiger partial charge >= 0.3 is 6.03 Å². The van der Waals surface area contributed by atoms with E-state index in [1.807, 2.05) is 36.5 Å². The van der Waals surface area contributed by atoms with Crippen molar-refractivity contribution in [2.45, 2.75) is 13.8 Å². The molecule has 3 aromatic rings. The van der Waals surface area contributed by atoms with Crippen molar-refractivity contribution in [1.82, 2.24) is 10.3 Å². The average molecular weight is 381 g/mol. The molecule has 0 spiro atoms. The molecule has 0 aliphatic rings. The molecule has 5 nitrogen and oxygen atoms in total. The second-order valence-electron chi connectivity index (χ2n) is 6.20. The van der Waals surface area contributed by atoms with Gasteiger partial charge in [0, 0.05) is 11.3 Å². The van der Waals surface area contributed by atoms with Gasteiger partial charge in [0.2, 0.25) is 0 Å². The molecule has 0 atom stereocenters. The number of benzene rings is 2. The predicted octanol–water partition coefficient (Wildman–Crippen LogP) is 4.61. The average Bonchev–Trinajstić information content (AvgIpc) is 2.62. The van der Waals surface area contributed by atoms with Crippen LogP contribution in [0.1, 0.15) is 21.6 Å². The highest BCUT2D eigenvalue weighted by atomic mass is 19.1. The Morgan fingerprint density at radius 3 is 2.14 bits per heavy atom. The first kappa shape index (κ1) is 19.2. The maximum Gasteiger partial charge on any atom is 0.327 e. The number of imide groups is 1. The molecule has 0 bridgehead atoms. The number of rotatable bonds is 3. The lowest BCUT2D eigenvalue weighted by Gasteiger charge is -2.10. The number of hydrogen-bond acceptors (Lipinski definition) is 3. The number of halogens is 2. The molecular formula is C21H17F2N3O2. The number of hydrogen-bond donors (Lipinski definition) is 2. The second-order valence-corrected chi connectivity index (χ2v) is 6.20. The molecule has 28 heavy (non-hydrogen) atoms. The zero-order valence-electron chi connectivity index (χ0n) is 15.2. The smallest absolute Gasteiger partial charge is 0.292 e. The van der Waals surface area contributed by atoms with Crippen molar-refractivity contribution in [2.75, 3.05) is 5.32 Å². The fourth-order valence-corrected chi connectivity index (χ4v) is 2.70. The van der Waals surface area contributed by atoms with Crippen LogP contribution >= 0.6 is 0 Å². The minimum absolute atomic E-state index is 0.202. The number of urea groups is 1. The summed E-state index contributed by atoms with van der Waals surface area (Å²) in [4.78, 5) is 28.2. The Morgan fingerprint density at radius 2 is 1.54 bits per heavy atom. The zero-order chi connectivity index (χ0) is 20.3. The van der Waals surface area contributed by atoms with Crippen molar-refractivity contribution in [3.05, 3.63) is 83.1 Å². The van der Waals surface area contributed by atoms with Gasteiger partial charge in [-0.25, -0.2) is 18.6 Å². The Bertz CT molecular complexity index is 1030. The molecule has 0 aliphatic carbocycles. The number of amides is 3. The highest BCUT2D eigenvalue weighted by Gasteiger charge is 2.19. The molecule has 0 saturated heterocycles. The van der Waals surface area contributed by atoms with Crippen LogP contribution in [0.3, 0.4) is 0 Å². The summed E-state index contributed by atoms with van der Waals surface area (Å²) in [5, 5.41) is 4.27. The molecule has 0 unspecified atom stereocenters. The summed E-state index contributed by atoms with van der Waals surface area (Å²) in [6, 6.07) is 13.4. The van der Waals surface area contributed by atoms with Gasteiger partial charge in [-0.3, -0.25) is 15.4 Å². The summed E-state index contributed by atoms with van der Waals surface area (Å²) < 4.78 is 27.2. The Hall–Kier alpha value is -3.61. The standard InChI is InChI=1S/C21H17F2N3O2/c1-12-6-8-14(9-7-12)15-10-11-18(24-13(15)2)25-21(28)26-20(27)19-16(22)4-3-5-17(19)23/h3-11H,1-2H3,(H2,24,25,26,27,28). The van der Waals surface area contributed by atoms with Gasteiger partial charge in [0.25, 0.3) is 5.91 Å². The van der Waals surface area contributed by atoms with E-state index in [-0.39, 0.29) is 5.82 Å².